The Morgan fingerprint density at radius 2 is 2.09 bits per heavy atom. The second-order valence-corrected chi connectivity index (χ2v) is 5.83. The van der Waals surface area contributed by atoms with Gasteiger partial charge in [0, 0.05) is 14.2 Å². The maximum atomic E-state index is 13.0. The van der Waals surface area contributed by atoms with Crippen LogP contribution in [0, 0.1) is 5.82 Å². The molecule has 1 aliphatic carbocycles. The van der Waals surface area contributed by atoms with Crippen molar-refractivity contribution in [3.63, 3.8) is 0 Å². The fourth-order valence-electron chi connectivity index (χ4n) is 3.08. The molecular formula is C17H20FN3O2. The Morgan fingerprint density at radius 3 is 2.78 bits per heavy atom. The molecule has 0 spiro atoms. The van der Waals surface area contributed by atoms with Crippen LogP contribution in [0.2, 0.25) is 0 Å². The number of ether oxygens (including phenoxy) is 1. The molecule has 0 bridgehead atoms. The predicted octanol–water partition coefficient (Wildman–Crippen LogP) is 2.52. The molecule has 2 atom stereocenters. The van der Waals surface area contributed by atoms with Crippen LogP contribution in [0.3, 0.4) is 0 Å². The van der Waals surface area contributed by atoms with E-state index < -0.39 is 0 Å². The lowest BCUT2D eigenvalue weighted by Crippen LogP contribution is -2.40. The first-order valence-electron chi connectivity index (χ1n) is 7.72. The van der Waals surface area contributed by atoms with E-state index in [0.29, 0.717) is 5.69 Å². The van der Waals surface area contributed by atoms with Crippen LogP contribution >= 0.6 is 0 Å². The normalized spacial score (nSPS) is 20.7. The second-order valence-electron chi connectivity index (χ2n) is 5.83. The van der Waals surface area contributed by atoms with Crippen LogP contribution in [-0.2, 0) is 11.8 Å². The largest absolute Gasteiger partial charge is 0.379 e. The van der Waals surface area contributed by atoms with Gasteiger partial charge in [-0.3, -0.25) is 9.48 Å². The van der Waals surface area contributed by atoms with Crippen molar-refractivity contribution in [3.05, 3.63) is 41.8 Å². The number of halogens is 1. The van der Waals surface area contributed by atoms with Crippen LogP contribution < -0.4 is 5.32 Å². The highest BCUT2D eigenvalue weighted by Crippen LogP contribution is 2.23. The molecule has 23 heavy (non-hydrogen) atoms. The van der Waals surface area contributed by atoms with Crippen molar-refractivity contribution >= 4 is 5.91 Å². The number of nitrogens with zero attached hydrogens (tertiary/aromatic N) is 2. The summed E-state index contributed by atoms with van der Waals surface area (Å²) in [4.78, 5) is 12.4. The van der Waals surface area contributed by atoms with E-state index >= 15 is 0 Å². The van der Waals surface area contributed by atoms with Gasteiger partial charge in [-0.25, -0.2) is 4.39 Å². The Labute approximate surface area is 134 Å². The third kappa shape index (κ3) is 3.27. The fraction of sp³-hybridized carbons (Fsp3) is 0.412. The first-order valence-corrected chi connectivity index (χ1v) is 7.72. The van der Waals surface area contributed by atoms with E-state index in [-0.39, 0.29) is 23.9 Å². The zero-order valence-corrected chi connectivity index (χ0v) is 13.3. The molecule has 1 N–H and O–H groups in total. The molecule has 0 aliphatic heterocycles. The van der Waals surface area contributed by atoms with Crippen LogP contribution in [0.5, 0.6) is 0 Å². The van der Waals surface area contributed by atoms with Gasteiger partial charge >= 0.3 is 0 Å². The number of carbonyl (C=O) groups is 1. The number of hydrogen-bond donors (Lipinski definition) is 1. The summed E-state index contributed by atoms with van der Waals surface area (Å²) in [6, 6.07) is 7.88. The van der Waals surface area contributed by atoms with Crippen molar-refractivity contribution in [1.82, 2.24) is 15.1 Å². The van der Waals surface area contributed by atoms with E-state index in [4.69, 9.17) is 4.74 Å². The van der Waals surface area contributed by atoms with Gasteiger partial charge in [-0.1, -0.05) is 0 Å². The number of hydrogen-bond acceptors (Lipinski definition) is 3. The van der Waals surface area contributed by atoms with Gasteiger partial charge in [0.1, 0.15) is 5.82 Å². The highest BCUT2D eigenvalue weighted by atomic mass is 19.1. The number of aryl methyl sites for hydroxylation is 1. The Kier molecular flexibility index (Phi) is 4.43. The average molecular weight is 317 g/mol. The molecule has 1 amide bonds. The number of methoxy groups -OCH3 is 1. The lowest BCUT2D eigenvalue weighted by atomic mass is 10.1. The minimum atomic E-state index is -0.291. The van der Waals surface area contributed by atoms with Crippen LogP contribution in [-0.4, -0.2) is 34.9 Å². The number of nitrogens with one attached hydrogen (secondary N) is 1. The monoisotopic (exact) mass is 317 g/mol. The molecule has 6 heteroatoms. The summed E-state index contributed by atoms with van der Waals surface area (Å²) in [5.74, 6) is -0.497. The fourth-order valence-corrected chi connectivity index (χ4v) is 3.08. The number of aromatic nitrogens is 2. The smallest absolute Gasteiger partial charge is 0.272 e. The van der Waals surface area contributed by atoms with E-state index in [1.165, 1.54) is 12.1 Å². The zero-order valence-electron chi connectivity index (χ0n) is 13.3. The summed E-state index contributed by atoms with van der Waals surface area (Å²) in [5.41, 5.74) is 1.94. The van der Waals surface area contributed by atoms with Crippen molar-refractivity contribution in [2.24, 2.45) is 7.05 Å². The first kappa shape index (κ1) is 15.7. The van der Waals surface area contributed by atoms with E-state index in [1.54, 1.807) is 37.0 Å². The van der Waals surface area contributed by atoms with Gasteiger partial charge < -0.3 is 10.1 Å². The molecule has 2 aromatic rings. The minimum Gasteiger partial charge on any atom is -0.379 e. The lowest BCUT2D eigenvalue weighted by molar-refractivity contribution is 0.0719. The van der Waals surface area contributed by atoms with Gasteiger partial charge in [0.15, 0.2) is 5.69 Å². The van der Waals surface area contributed by atoms with Crippen LogP contribution in [0.25, 0.3) is 11.3 Å². The number of amides is 1. The van der Waals surface area contributed by atoms with Crippen molar-refractivity contribution in [2.45, 2.75) is 31.4 Å². The highest BCUT2D eigenvalue weighted by Gasteiger charge is 2.29. The first-order chi connectivity index (χ1) is 11.1. The molecule has 1 aliphatic rings. The van der Waals surface area contributed by atoms with Gasteiger partial charge in [-0.05, 0) is 55.2 Å². The van der Waals surface area contributed by atoms with E-state index in [9.17, 15) is 9.18 Å². The third-order valence-electron chi connectivity index (χ3n) is 4.32. The summed E-state index contributed by atoms with van der Waals surface area (Å²) >= 11 is 0. The molecule has 3 rings (SSSR count). The second kappa shape index (κ2) is 6.50. The van der Waals surface area contributed by atoms with Gasteiger partial charge in [0.2, 0.25) is 0 Å². The van der Waals surface area contributed by atoms with Crippen molar-refractivity contribution < 1.29 is 13.9 Å². The summed E-state index contributed by atoms with van der Waals surface area (Å²) in [6.45, 7) is 0. The van der Waals surface area contributed by atoms with E-state index in [1.807, 2.05) is 0 Å². The summed E-state index contributed by atoms with van der Waals surface area (Å²) < 4.78 is 20.1. The standard InChI is InChI=1S/C17H20FN3O2/c1-21-15(11-6-8-12(18)9-7-11)10-14(20-21)17(22)19-13-4-3-5-16(13)23-2/h6-10,13,16H,3-5H2,1-2H3,(H,19,22)/t13-,16-/m1/s1. The molecule has 1 aromatic heterocycles. The molecule has 1 aromatic carbocycles. The van der Waals surface area contributed by atoms with Crippen molar-refractivity contribution in [3.8, 4) is 11.3 Å². The topological polar surface area (TPSA) is 56.1 Å². The Morgan fingerprint density at radius 1 is 1.35 bits per heavy atom. The molecule has 0 radical (unpaired) electrons. The lowest BCUT2D eigenvalue weighted by Gasteiger charge is -2.18. The number of benzene rings is 1. The van der Waals surface area contributed by atoms with E-state index in [0.717, 1.165) is 30.5 Å². The maximum absolute atomic E-state index is 13.0. The van der Waals surface area contributed by atoms with Crippen molar-refractivity contribution in [2.75, 3.05) is 7.11 Å². The predicted molar refractivity (Wildman–Crippen MR) is 84.5 cm³/mol. The van der Waals surface area contributed by atoms with Crippen molar-refractivity contribution in [1.29, 1.82) is 0 Å². The van der Waals surface area contributed by atoms with Gasteiger partial charge in [-0.2, -0.15) is 5.10 Å². The maximum Gasteiger partial charge on any atom is 0.272 e. The minimum absolute atomic E-state index is 0.0313. The molecule has 0 saturated heterocycles. The van der Waals surface area contributed by atoms with Gasteiger partial charge in [-0.15, -0.1) is 0 Å². The average Bonchev–Trinajstić information content (AvgIpc) is 3.14. The molecule has 1 heterocycles. The van der Waals surface area contributed by atoms with Crippen LogP contribution in [0.4, 0.5) is 4.39 Å². The molecule has 5 nitrogen and oxygen atoms in total. The number of rotatable bonds is 4. The van der Waals surface area contributed by atoms with Gasteiger partial charge in [0.25, 0.3) is 5.91 Å². The molecule has 122 valence electrons. The zero-order chi connectivity index (χ0) is 16.4. The van der Waals surface area contributed by atoms with Crippen LogP contribution in [0.1, 0.15) is 29.8 Å². The number of carbonyl (C=O) groups excluding carboxylic acids is 1. The third-order valence-corrected chi connectivity index (χ3v) is 4.32. The highest BCUT2D eigenvalue weighted by molar-refractivity contribution is 5.93. The molecular weight excluding hydrogens is 297 g/mol. The molecule has 1 fully saturated rings. The summed E-state index contributed by atoms with van der Waals surface area (Å²) in [7, 11) is 3.44. The Bertz CT molecular complexity index is 696. The van der Waals surface area contributed by atoms with E-state index in [2.05, 4.69) is 10.4 Å². The van der Waals surface area contributed by atoms with Crippen LogP contribution in [0.15, 0.2) is 30.3 Å². The molecule has 0 unspecified atom stereocenters. The Hall–Kier alpha value is -2.21. The summed E-state index contributed by atoms with van der Waals surface area (Å²) in [6.07, 6.45) is 3.00. The summed E-state index contributed by atoms with van der Waals surface area (Å²) in [5, 5.41) is 7.27. The quantitative estimate of drug-likeness (QED) is 0.943. The van der Waals surface area contributed by atoms with Gasteiger partial charge in [0.05, 0.1) is 17.8 Å². The molecule has 1 saturated carbocycles. The SMILES string of the molecule is CO[C@@H]1CCC[C@H]1NC(=O)c1cc(-c2ccc(F)cc2)n(C)n1. The Balaban J connectivity index is 1.77.